The summed E-state index contributed by atoms with van der Waals surface area (Å²) < 4.78 is 0. The second-order valence-electron chi connectivity index (χ2n) is 8.24. The fourth-order valence-electron chi connectivity index (χ4n) is 3.53. The van der Waals surface area contributed by atoms with E-state index in [4.69, 9.17) is 4.98 Å². The largest absolute Gasteiger partial charge is 0.272 e. The highest BCUT2D eigenvalue weighted by atomic mass is 32.2. The zero-order valence-electron chi connectivity index (χ0n) is 19.9. The maximum Gasteiger partial charge on any atom is 0.269 e. The molecule has 0 aliphatic carbocycles. The first-order valence-electron chi connectivity index (χ1n) is 11.3. The molecule has 0 aliphatic rings. The summed E-state index contributed by atoms with van der Waals surface area (Å²) in [7, 11) is 0. The smallest absolute Gasteiger partial charge is 0.269 e. The van der Waals surface area contributed by atoms with Crippen molar-refractivity contribution in [3.05, 3.63) is 107 Å². The van der Waals surface area contributed by atoms with Crippen LogP contribution in [-0.2, 0) is 4.79 Å². The van der Waals surface area contributed by atoms with Crippen LogP contribution in [-0.4, -0.2) is 22.6 Å². The molecule has 2 amide bonds. The third kappa shape index (κ3) is 5.98. The molecule has 0 saturated heterocycles. The molecule has 7 heteroatoms. The van der Waals surface area contributed by atoms with E-state index in [1.54, 1.807) is 12.1 Å². The van der Waals surface area contributed by atoms with Crippen molar-refractivity contribution in [2.75, 3.05) is 5.75 Å². The number of hydrogen-bond donors (Lipinski definition) is 2. The fraction of sp³-hybridized carbons (Fsp3) is 0.103. The lowest BCUT2D eigenvalue weighted by atomic mass is 9.98. The van der Waals surface area contributed by atoms with Crippen LogP contribution in [0.1, 0.15) is 27.0 Å². The number of hydrazine groups is 1. The summed E-state index contributed by atoms with van der Waals surface area (Å²) in [6.07, 6.45) is 0. The zero-order valence-corrected chi connectivity index (χ0v) is 20.7. The van der Waals surface area contributed by atoms with E-state index >= 15 is 0 Å². The number of aryl methyl sites for hydroxylation is 2. The standard InChI is InChI=1S/C29H24N4O2S/c1-19-8-12-21(13-9-19)24-16-26(22-6-4-3-5-7-22)31-29(25(24)17-30)36-18-27(34)32-33-28(35)23-14-10-20(2)11-15-23/h3-16H,18H2,1-2H3,(H,32,34)(H,33,35). The number of aromatic nitrogens is 1. The first-order valence-corrected chi connectivity index (χ1v) is 12.3. The summed E-state index contributed by atoms with van der Waals surface area (Å²) in [4.78, 5) is 29.5. The predicted octanol–water partition coefficient (Wildman–Crippen LogP) is 5.46. The van der Waals surface area contributed by atoms with Gasteiger partial charge in [0.2, 0.25) is 5.91 Å². The molecule has 0 unspecified atom stereocenters. The van der Waals surface area contributed by atoms with Gasteiger partial charge in [-0.1, -0.05) is 89.6 Å². The normalized spacial score (nSPS) is 10.4. The summed E-state index contributed by atoms with van der Waals surface area (Å²) in [6.45, 7) is 3.94. The minimum absolute atomic E-state index is 0.0264. The summed E-state index contributed by atoms with van der Waals surface area (Å²) in [5.41, 5.74) is 11.1. The van der Waals surface area contributed by atoms with Crippen LogP contribution in [0.25, 0.3) is 22.4 Å². The van der Waals surface area contributed by atoms with Crippen molar-refractivity contribution in [1.82, 2.24) is 15.8 Å². The lowest BCUT2D eigenvalue weighted by molar-refractivity contribution is -0.119. The van der Waals surface area contributed by atoms with Crippen LogP contribution < -0.4 is 10.9 Å². The molecule has 2 N–H and O–H groups in total. The van der Waals surface area contributed by atoms with Gasteiger partial charge in [0.25, 0.3) is 5.91 Å². The molecule has 178 valence electrons. The molecule has 4 rings (SSSR count). The van der Waals surface area contributed by atoms with Crippen LogP contribution in [0.4, 0.5) is 0 Å². The zero-order chi connectivity index (χ0) is 25.5. The van der Waals surface area contributed by atoms with Crippen molar-refractivity contribution in [2.45, 2.75) is 18.9 Å². The lowest BCUT2D eigenvalue weighted by Gasteiger charge is -2.13. The molecule has 0 bridgehead atoms. The third-order valence-corrected chi connectivity index (χ3v) is 6.47. The number of carbonyl (C=O) groups is 2. The Morgan fingerprint density at radius 3 is 2.14 bits per heavy atom. The molecule has 0 atom stereocenters. The number of nitrogens with zero attached hydrogens (tertiary/aromatic N) is 2. The number of hydrogen-bond acceptors (Lipinski definition) is 5. The quantitative estimate of drug-likeness (QED) is 0.275. The van der Waals surface area contributed by atoms with Gasteiger partial charge >= 0.3 is 0 Å². The van der Waals surface area contributed by atoms with Gasteiger partial charge in [-0.2, -0.15) is 5.26 Å². The minimum Gasteiger partial charge on any atom is -0.272 e. The van der Waals surface area contributed by atoms with Crippen LogP contribution in [0.2, 0.25) is 0 Å². The molecule has 6 nitrogen and oxygen atoms in total. The number of thioether (sulfide) groups is 1. The Morgan fingerprint density at radius 2 is 1.50 bits per heavy atom. The second-order valence-corrected chi connectivity index (χ2v) is 9.20. The van der Waals surface area contributed by atoms with Gasteiger partial charge in [-0.15, -0.1) is 0 Å². The second kappa shape index (κ2) is 11.3. The van der Waals surface area contributed by atoms with Gasteiger partial charge in [-0.3, -0.25) is 20.4 Å². The number of benzene rings is 3. The number of pyridine rings is 1. The van der Waals surface area contributed by atoms with Crippen LogP contribution in [0.3, 0.4) is 0 Å². The third-order valence-electron chi connectivity index (χ3n) is 5.50. The van der Waals surface area contributed by atoms with Crippen molar-refractivity contribution in [1.29, 1.82) is 5.26 Å². The number of rotatable bonds is 6. The number of carbonyl (C=O) groups excluding carboxylic acids is 2. The van der Waals surface area contributed by atoms with Gasteiger partial charge in [0.15, 0.2) is 0 Å². The van der Waals surface area contributed by atoms with E-state index in [9.17, 15) is 14.9 Å². The highest BCUT2D eigenvalue weighted by Gasteiger charge is 2.17. The predicted molar refractivity (Wildman–Crippen MR) is 142 cm³/mol. The van der Waals surface area contributed by atoms with Crippen molar-refractivity contribution in [2.24, 2.45) is 0 Å². The molecule has 0 spiro atoms. The molecule has 36 heavy (non-hydrogen) atoms. The Labute approximate surface area is 214 Å². The molecular weight excluding hydrogens is 468 g/mol. The maximum absolute atomic E-state index is 12.5. The summed E-state index contributed by atoms with van der Waals surface area (Å²) in [5.74, 6) is -0.841. The molecule has 0 saturated carbocycles. The molecule has 0 aliphatic heterocycles. The maximum atomic E-state index is 12.5. The van der Waals surface area contributed by atoms with E-state index in [-0.39, 0.29) is 5.75 Å². The van der Waals surface area contributed by atoms with Gasteiger partial charge in [0.05, 0.1) is 17.0 Å². The Bertz CT molecular complexity index is 1430. The van der Waals surface area contributed by atoms with Crippen molar-refractivity contribution in [3.8, 4) is 28.5 Å². The average Bonchev–Trinajstić information content (AvgIpc) is 2.91. The van der Waals surface area contributed by atoms with Crippen molar-refractivity contribution >= 4 is 23.6 Å². The van der Waals surface area contributed by atoms with Crippen LogP contribution in [0.5, 0.6) is 0 Å². The van der Waals surface area contributed by atoms with E-state index in [2.05, 4.69) is 16.9 Å². The number of amides is 2. The molecular formula is C29H24N4O2S. The first-order chi connectivity index (χ1) is 17.4. The Morgan fingerprint density at radius 1 is 0.861 bits per heavy atom. The Balaban J connectivity index is 1.56. The van der Waals surface area contributed by atoms with E-state index in [0.717, 1.165) is 39.6 Å². The van der Waals surface area contributed by atoms with E-state index in [1.807, 2.05) is 86.6 Å². The monoisotopic (exact) mass is 492 g/mol. The highest BCUT2D eigenvalue weighted by Crippen LogP contribution is 2.34. The number of nitrogens with one attached hydrogen (secondary N) is 2. The van der Waals surface area contributed by atoms with E-state index in [1.165, 1.54) is 0 Å². The lowest BCUT2D eigenvalue weighted by Crippen LogP contribution is -2.42. The van der Waals surface area contributed by atoms with Gasteiger partial charge in [0, 0.05) is 16.7 Å². The van der Waals surface area contributed by atoms with Crippen LogP contribution >= 0.6 is 11.8 Å². The Kier molecular flexibility index (Phi) is 7.79. The highest BCUT2D eigenvalue weighted by molar-refractivity contribution is 8.00. The fourth-order valence-corrected chi connectivity index (χ4v) is 4.33. The molecule has 1 heterocycles. The molecule has 4 aromatic rings. The van der Waals surface area contributed by atoms with Gasteiger partial charge < -0.3 is 0 Å². The first kappa shape index (κ1) is 24.7. The van der Waals surface area contributed by atoms with Crippen molar-refractivity contribution < 1.29 is 9.59 Å². The van der Waals surface area contributed by atoms with Gasteiger partial charge in [0.1, 0.15) is 11.1 Å². The Hall–Kier alpha value is -4.41. The van der Waals surface area contributed by atoms with E-state index in [0.29, 0.717) is 21.8 Å². The summed E-state index contributed by atoms with van der Waals surface area (Å²) in [5, 5.41) is 10.5. The molecule has 0 fully saturated rings. The van der Waals surface area contributed by atoms with Crippen LogP contribution in [0, 0.1) is 25.2 Å². The molecule has 1 aromatic heterocycles. The summed E-state index contributed by atoms with van der Waals surface area (Å²) in [6, 6.07) is 28.8. The number of nitriles is 1. The van der Waals surface area contributed by atoms with Gasteiger partial charge in [-0.05, 0) is 37.6 Å². The molecule has 0 radical (unpaired) electrons. The average molecular weight is 493 g/mol. The van der Waals surface area contributed by atoms with Crippen molar-refractivity contribution in [3.63, 3.8) is 0 Å². The molecule has 3 aromatic carbocycles. The topological polar surface area (TPSA) is 94.9 Å². The minimum atomic E-state index is -0.409. The van der Waals surface area contributed by atoms with Gasteiger partial charge in [-0.25, -0.2) is 4.98 Å². The summed E-state index contributed by atoms with van der Waals surface area (Å²) >= 11 is 1.15. The SMILES string of the molecule is Cc1ccc(C(=O)NNC(=O)CSc2nc(-c3ccccc3)cc(-c3ccc(C)cc3)c2C#N)cc1. The van der Waals surface area contributed by atoms with Crippen LogP contribution in [0.15, 0.2) is 90.0 Å². The van der Waals surface area contributed by atoms with E-state index < -0.39 is 11.8 Å².